The van der Waals surface area contributed by atoms with E-state index in [0.717, 1.165) is 6.07 Å². The van der Waals surface area contributed by atoms with Crippen LogP contribution in [0.4, 0.5) is 10.1 Å². The van der Waals surface area contributed by atoms with Crippen molar-refractivity contribution in [2.45, 2.75) is 6.92 Å². The molecule has 1 aromatic heterocycles. The third-order valence-corrected chi connectivity index (χ3v) is 2.27. The zero-order chi connectivity index (χ0) is 12.4. The SMILES string of the molecule is Cc1cc(C(=O)Nc2ccc(Cl)cc2F)on1. The van der Waals surface area contributed by atoms with Crippen LogP contribution in [0.3, 0.4) is 0 Å². The minimum absolute atomic E-state index is 0.0249. The highest BCUT2D eigenvalue weighted by Gasteiger charge is 2.13. The first kappa shape index (κ1) is 11.6. The van der Waals surface area contributed by atoms with E-state index in [-0.39, 0.29) is 16.5 Å². The Bertz CT molecular complexity index is 568. The van der Waals surface area contributed by atoms with Gasteiger partial charge in [-0.15, -0.1) is 0 Å². The molecule has 2 rings (SSSR count). The van der Waals surface area contributed by atoms with Crippen LogP contribution in [-0.2, 0) is 0 Å². The van der Waals surface area contributed by atoms with Crippen molar-refractivity contribution in [3.8, 4) is 0 Å². The van der Waals surface area contributed by atoms with Gasteiger partial charge in [0.15, 0.2) is 0 Å². The summed E-state index contributed by atoms with van der Waals surface area (Å²) in [4.78, 5) is 11.6. The van der Waals surface area contributed by atoms with Crippen molar-refractivity contribution in [2.24, 2.45) is 0 Å². The van der Waals surface area contributed by atoms with Crippen molar-refractivity contribution < 1.29 is 13.7 Å². The Kier molecular flexibility index (Phi) is 3.10. The molecule has 1 heterocycles. The lowest BCUT2D eigenvalue weighted by Gasteiger charge is -2.03. The first-order chi connectivity index (χ1) is 8.06. The second-order valence-electron chi connectivity index (χ2n) is 3.41. The largest absolute Gasteiger partial charge is 0.351 e. The van der Waals surface area contributed by atoms with Crippen molar-refractivity contribution in [3.05, 3.63) is 46.6 Å². The number of amides is 1. The van der Waals surface area contributed by atoms with Gasteiger partial charge in [-0.1, -0.05) is 16.8 Å². The van der Waals surface area contributed by atoms with Crippen LogP contribution in [0.15, 0.2) is 28.8 Å². The number of nitrogens with one attached hydrogen (secondary N) is 1. The van der Waals surface area contributed by atoms with Gasteiger partial charge in [-0.2, -0.15) is 0 Å². The molecule has 0 aliphatic rings. The van der Waals surface area contributed by atoms with E-state index in [2.05, 4.69) is 10.5 Å². The van der Waals surface area contributed by atoms with Gasteiger partial charge in [0.1, 0.15) is 5.82 Å². The lowest BCUT2D eigenvalue weighted by molar-refractivity contribution is 0.0987. The van der Waals surface area contributed by atoms with Gasteiger partial charge in [0.2, 0.25) is 5.76 Å². The standard InChI is InChI=1S/C11H8ClFN2O2/c1-6-4-10(17-15-6)11(16)14-9-3-2-7(12)5-8(9)13/h2-5H,1H3,(H,14,16). The van der Waals surface area contributed by atoms with Gasteiger partial charge in [-0.05, 0) is 25.1 Å². The van der Waals surface area contributed by atoms with Gasteiger partial charge in [0.05, 0.1) is 11.4 Å². The smallest absolute Gasteiger partial charge is 0.294 e. The molecule has 0 unspecified atom stereocenters. The molecule has 0 saturated heterocycles. The van der Waals surface area contributed by atoms with Gasteiger partial charge in [0.25, 0.3) is 5.91 Å². The quantitative estimate of drug-likeness (QED) is 0.896. The fraction of sp³-hybridized carbons (Fsp3) is 0.0909. The Balaban J connectivity index is 2.18. The number of carbonyl (C=O) groups excluding carboxylic acids is 1. The second kappa shape index (κ2) is 4.55. The molecule has 0 radical (unpaired) electrons. The maximum atomic E-state index is 13.4. The van der Waals surface area contributed by atoms with Crippen LogP contribution in [0.5, 0.6) is 0 Å². The fourth-order valence-corrected chi connectivity index (χ4v) is 1.40. The summed E-state index contributed by atoms with van der Waals surface area (Å²) in [6, 6.07) is 5.43. The highest BCUT2D eigenvalue weighted by Crippen LogP contribution is 2.19. The molecule has 0 fully saturated rings. The second-order valence-corrected chi connectivity index (χ2v) is 3.85. The lowest BCUT2D eigenvalue weighted by Crippen LogP contribution is -2.12. The van der Waals surface area contributed by atoms with Crippen LogP contribution in [0.1, 0.15) is 16.2 Å². The van der Waals surface area contributed by atoms with Crippen LogP contribution in [0.25, 0.3) is 0 Å². The average Bonchev–Trinajstić information content (AvgIpc) is 2.69. The zero-order valence-corrected chi connectivity index (χ0v) is 9.58. The third kappa shape index (κ3) is 2.62. The molecule has 1 N–H and O–H groups in total. The van der Waals surface area contributed by atoms with Crippen LogP contribution in [0.2, 0.25) is 5.02 Å². The molecule has 0 atom stereocenters. The predicted octanol–water partition coefficient (Wildman–Crippen LogP) is 3.03. The van der Waals surface area contributed by atoms with E-state index in [4.69, 9.17) is 16.1 Å². The van der Waals surface area contributed by atoms with Crippen molar-refractivity contribution >= 4 is 23.2 Å². The Morgan fingerprint density at radius 3 is 2.82 bits per heavy atom. The van der Waals surface area contributed by atoms with Crippen LogP contribution in [-0.4, -0.2) is 11.1 Å². The van der Waals surface area contributed by atoms with Crippen molar-refractivity contribution in [2.75, 3.05) is 5.32 Å². The van der Waals surface area contributed by atoms with E-state index in [1.165, 1.54) is 18.2 Å². The Hall–Kier alpha value is -1.88. The number of rotatable bonds is 2. The van der Waals surface area contributed by atoms with Gasteiger partial charge in [-0.25, -0.2) is 4.39 Å². The summed E-state index contributed by atoms with van der Waals surface area (Å²) in [5.41, 5.74) is 0.611. The summed E-state index contributed by atoms with van der Waals surface area (Å²) in [6.45, 7) is 1.68. The van der Waals surface area contributed by atoms with Crippen LogP contribution in [0, 0.1) is 12.7 Å². The minimum atomic E-state index is -0.609. The molecule has 0 spiro atoms. The summed E-state index contributed by atoms with van der Waals surface area (Å²) in [5, 5.41) is 6.19. The number of aromatic nitrogens is 1. The summed E-state index contributed by atoms with van der Waals surface area (Å²) in [7, 11) is 0. The topological polar surface area (TPSA) is 55.1 Å². The maximum absolute atomic E-state index is 13.4. The average molecular weight is 255 g/mol. The molecular formula is C11H8ClFN2O2. The highest BCUT2D eigenvalue weighted by atomic mass is 35.5. The van der Waals surface area contributed by atoms with Crippen molar-refractivity contribution in [3.63, 3.8) is 0 Å². The molecule has 17 heavy (non-hydrogen) atoms. The molecule has 0 saturated carbocycles. The summed E-state index contributed by atoms with van der Waals surface area (Å²) in [6.07, 6.45) is 0. The number of benzene rings is 1. The highest BCUT2D eigenvalue weighted by molar-refractivity contribution is 6.30. The van der Waals surface area contributed by atoms with E-state index >= 15 is 0 Å². The number of carbonyl (C=O) groups is 1. The van der Waals surface area contributed by atoms with E-state index < -0.39 is 11.7 Å². The van der Waals surface area contributed by atoms with Crippen LogP contribution < -0.4 is 5.32 Å². The summed E-state index contributed by atoms with van der Waals surface area (Å²) < 4.78 is 18.1. The molecule has 2 aromatic rings. The normalized spacial score (nSPS) is 10.3. The van der Waals surface area contributed by atoms with Crippen molar-refractivity contribution in [1.82, 2.24) is 5.16 Å². The van der Waals surface area contributed by atoms with E-state index in [9.17, 15) is 9.18 Å². The molecule has 1 amide bonds. The number of aryl methyl sites for hydroxylation is 1. The Morgan fingerprint density at radius 1 is 1.47 bits per heavy atom. The van der Waals surface area contributed by atoms with Crippen molar-refractivity contribution in [1.29, 1.82) is 0 Å². The molecular weight excluding hydrogens is 247 g/mol. The Morgan fingerprint density at radius 2 is 2.24 bits per heavy atom. The van der Waals surface area contributed by atoms with E-state index in [1.54, 1.807) is 6.92 Å². The third-order valence-electron chi connectivity index (χ3n) is 2.03. The summed E-state index contributed by atoms with van der Waals surface area (Å²) >= 11 is 5.59. The van der Waals surface area contributed by atoms with Gasteiger partial charge < -0.3 is 9.84 Å². The van der Waals surface area contributed by atoms with E-state index in [0.29, 0.717) is 5.69 Å². The van der Waals surface area contributed by atoms with Gasteiger partial charge in [-0.3, -0.25) is 4.79 Å². The number of hydrogen-bond donors (Lipinski definition) is 1. The number of anilines is 1. The molecule has 0 aliphatic heterocycles. The fourth-order valence-electron chi connectivity index (χ4n) is 1.25. The van der Waals surface area contributed by atoms with Crippen LogP contribution >= 0.6 is 11.6 Å². The Labute approximate surface area is 101 Å². The maximum Gasteiger partial charge on any atom is 0.294 e. The number of halogens is 2. The first-order valence-electron chi connectivity index (χ1n) is 4.76. The molecule has 0 aliphatic carbocycles. The number of nitrogens with zero attached hydrogens (tertiary/aromatic N) is 1. The monoisotopic (exact) mass is 254 g/mol. The summed E-state index contributed by atoms with van der Waals surface area (Å²) in [5.74, 6) is -1.15. The minimum Gasteiger partial charge on any atom is -0.351 e. The molecule has 6 heteroatoms. The number of hydrogen-bond acceptors (Lipinski definition) is 3. The molecule has 88 valence electrons. The predicted molar refractivity (Wildman–Crippen MR) is 60.6 cm³/mol. The molecule has 0 bridgehead atoms. The molecule has 4 nitrogen and oxygen atoms in total. The zero-order valence-electron chi connectivity index (χ0n) is 8.83. The molecule has 1 aromatic carbocycles. The first-order valence-corrected chi connectivity index (χ1v) is 5.14. The van der Waals surface area contributed by atoms with E-state index in [1.807, 2.05) is 0 Å². The van der Waals surface area contributed by atoms with Gasteiger partial charge >= 0.3 is 0 Å². The van der Waals surface area contributed by atoms with Gasteiger partial charge in [0, 0.05) is 11.1 Å². The lowest BCUT2D eigenvalue weighted by atomic mass is 10.3.